The van der Waals surface area contributed by atoms with Gasteiger partial charge in [-0.2, -0.15) is 13.2 Å². The summed E-state index contributed by atoms with van der Waals surface area (Å²) in [6.07, 6.45) is -0.149. The lowest BCUT2D eigenvalue weighted by molar-refractivity contribution is -0.181. The summed E-state index contributed by atoms with van der Waals surface area (Å²) < 4.78 is 52.7. The first-order valence-corrected chi connectivity index (χ1v) is 13.1. The van der Waals surface area contributed by atoms with E-state index >= 15 is 0 Å². The minimum absolute atomic E-state index is 0.0203. The minimum Gasteiger partial charge on any atom is -0.504 e. The summed E-state index contributed by atoms with van der Waals surface area (Å²) in [4.78, 5) is 39.5. The lowest BCUT2D eigenvalue weighted by Gasteiger charge is -2.39. The summed E-state index contributed by atoms with van der Waals surface area (Å²) in [5, 5.41) is 11.4. The fraction of sp³-hybridized carbons (Fsp3) is 0.607. The number of hydrogen-bond donors (Lipinski definition) is 2. The summed E-state index contributed by atoms with van der Waals surface area (Å²) in [6.45, 7) is 6.37. The predicted octanol–water partition coefficient (Wildman–Crippen LogP) is 4.21. The number of hydrogen-bond acceptors (Lipinski definition) is 6. The molecule has 2 N–H and O–H groups in total. The molecule has 8 nitrogen and oxygen atoms in total. The molecule has 2 bridgehead atoms. The molecule has 4 unspecified atom stereocenters. The highest BCUT2D eigenvalue weighted by Crippen LogP contribution is 2.66. The third-order valence-corrected chi connectivity index (χ3v) is 9.27. The number of alkyl halides is 3. The van der Waals surface area contributed by atoms with Gasteiger partial charge in [-0.1, -0.05) is 26.8 Å². The van der Waals surface area contributed by atoms with Gasteiger partial charge in [-0.15, -0.1) is 0 Å². The van der Waals surface area contributed by atoms with Crippen LogP contribution < -0.4 is 10.1 Å². The highest BCUT2D eigenvalue weighted by atomic mass is 19.4. The molecule has 2 saturated carbocycles. The SMILES string of the molecule is COc1cc(/C=C/C(=O)NC(C(=O)N2CCCC2C(=O)O[C@@H]2CC3CCC2(C)C3(C)C)C(F)(F)F)ccc1O. The Balaban J connectivity index is 1.44. The van der Waals surface area contributed by atoms with Crippen LogP contribution in [0.15, 0.2) is 24.3 Å². The van der Waals surface area contributed by atoms with Gasteiger partial charge >= 0.3 is 12.1 Å². The van der Waals surface area contributed by atoms with E-state index in [2.05, 4.69) is 20.8 Å². The van der Waals surface area contributed by atoms with Crippen LogP contribution in [0.5, 0.6) is 11.5 Å². The van der Waals surface area contributed by atoms with E-state index in [4.69, 9.17) is 9.47 Å². The van der Waals surface area contributed by atoms with Crippen molar-refractivity contribution in [1.29, 1.82) is 0 Å². The fourth-order valence-corrected chi connectivity index (χ4v) is 6.41. The van der Waals surface area contributed by atoms with Gasteiger partial charge in [0.2, 0.25) is 11.9 Å². The van der Waals surface area contributed by atoms with Crippen LogP contribution in [0.25, 0.3) is 6.08 Å². The van der Waals surface area contributed by atoms with Gasteiger partial charge in [-0.05, 0) is 67.2 Å². The molecular formula is C28H35F3N2O6. The van der Waals surface area contributed by atoms with E-state index in [1.807, 2.05) is 0 Å². The minimum atomic E-state index is -5.08. The van der Waals surface area contributed by atoms with Crippen molar-refractivity contribution in [1.82, 2.24) is 10.2 Å². The average molecular weight is 553 g/mol. The second-order valence-corrected chi connectivity index (χ2v) is 11.5. The Labute approximate surface area is 225 Å². The number of nitrogens with one attached hydrogen (secondary N) is 1. The van der Waals surface area contributed by atoms with Crippen molar-refractivity contribution in [2.75, 3.05) is 13.7 Å². The van der Waals surface area contributed by atoms with Crippen molar-refractivity contribution in [2.45, 2.75) is 77.2 Å². The zero-order valence-corrected chi connectivity index (χ0v) is 22.5. The number of rotatable bonds is 7. The Hall–Kier alpha value is -3.24. The largest absolute Gasteiger partial charge is 0.504 e. The molecule has 39 heavy (non-hydrogen) atoms. The summed E-state index contributed by atoms with van der Waals surface area (Å²) in [7, 11) is 1.33. The van der Waals surface area contributed by atoms with Crippen LogP contribution in [0.3, 0.4) is 0 Å². The number of phenolic OH excluding ortho intramolecular Hbond substituents is 1. The normalized spacial score (nSPS) is 28.5. The van der Waals surface area contributed by atoms with Crippen molar-refractivity contribution < 1.29 is 42.1 Å². The summed E-state index contributed by atoms with van der Waals surface area (Å²) in [6, 6.07) is 0.181. The van der Waals surface area contributed by atoms with Gasteiger partial charge in [-0.25, -0.2) is 4.79 Å². The van der Waals surface area contributed by atoms with Gasteiger partial charge < -0.3 is 24.8 Å². The molecule has 1 aromatic carbocycles. The number of nitrogens with zero attached hydrogens (tertiary/aromatic N) is 1. The number of halogens is 3. The zero-order valence-electron chi connectivity index (χ0n) is 22.5. The molecule has 0 radical (unpaired) electrons. The highest BCUT2D eigenvalue weighted by Gasteiger charge is 2.63. The second-order valence-electron chi connectivity index (χ2n) is 11.5. The molecule has 3 aliphatic rings. The third kappa shape index (κ3) is 5.32. The molecule has 0 aromatic heterocycles. The first-order valence-electron chi connectivity index (χ1n) is 13.1. The maximum atomic E-state index is 13.9. The Morgan fingerprint density at radius 2 is 1.92 bits per heavy atom. The summed E-state index contributed by atoms with van der Waals surface area (Å²) in [5.41, 5.74) is 0.138. The molecule has 5 atom stereocenters. The zero-order chi connectivity index (χ0) is 28.8. The molecule has 2 amide bonds. The van der Waals surface area contributed by atoms with Gasteiger partial charge in [0, 0.05) is 18.0 Å². The molecule has 1 heterocycles. The predicted molar refractivity (Wildman–Crippen MR) is 136 cm³/mol. The number of phenols is 1. The molecule has 3 fully saturated rings. The van der Waals surface area contributed by atoms with E-state index in [1.165, 1.54) is 31.4 Å². The van der Waals surface area contributed by atoms with Crippen LogP contribution in [-0.4, -0.2) is 65.8 Å². The molecule has 4 rings (SSSR count). The fourth-order valence-electron chi connectivity index (χ4n) is 6.41. The highest BCUT2D eigenvalue weighted by molar-refractivity contribution is 5.97. The first-order chi connectivity index (χ1) is 18.2. The van der Waals surface area contributed by atoms with Crippen molar-refractivity contribution in [2.24, 2.45) is 16.7 Å². The first kappa shape index (κ1) is 28.8. The van der Waals surface area contributed by atoms with E-state index < -0.39 is 36.0 Å². The number of ether oxygens (including phenoxy) is 2. The second kappa shape index (κ2) is 10.4. The number of likely N-dealkylation sites (tertiary alicyclic amines) is 1. The molecule has 2 aliphatic carbocycles. The van der Waals surface area contributed by atoms with Gasteiger partial charge in [0.1, 0.15) is 12.1 Å². The lowest BCUT2D eigenvalue weighted by Crippen LogP contribution is -2.58. The molecular weight excluding hydrogens is 517 g/mol. The van der Waals surface area contributed by atoms with E-state index in [0.717, 1.165) is 23.8 Å². The molecule has 1 aromatic rings. The number of esters is 1. The quantitative estimate of drug-likeness (QED) is 0.388. The van der Waals surface area contributed by atoms with Crippen LogP contribution in [0.4, 0.5) is 13.2 Å². The number of methoxy groups -OCH3 is 1. The topological polar surface area (TPSA) is 105 Å². The number of benzene rings is 1. The maximum absolute atomic E-state index is 13.9. The standard InChI is InChI=1S/C28H35F3N2O6/c1-26(2)17-11-12-27(26,3)21(15-17)39-25(37)18-6-5-13-33(18)24(36)23(28(29,30)31)32-22(35)10-8-16-7-9-19(34)20(14-16)38-4/h7-10,14,17-18,21,23,34H,5-6,11-13,15H2,1-4H3,(H,32,35)/b10-8+/t17?,18?,21-,23?,27?/m1/s1. The molecule has 11 heteroatoms. The average Bonchev–Trinajstić information content (AvgIpc) is 3.49. The summed E-state index contributed by atoms with van der Waals surface area (Å²) >= 11 is 0. The number of fused-ring (bicyclic) bond motifs is 2. The van der Waals surface area contributed by atoms with Crippen LogP contribution >= 0.6 is 0 Å². The van der Waals surface area contributed by atoms with Gasteiger partial charge in [0.15, 0.2) is 11.5 Å². The molecule has 214 valence electrons. The summed E-state index contributed by atoms with van der Waals surface area (Å²) in [5.74, 6) is -2.84. The monoisotopic (exact) mass is 552 g/mol. The van der Waals surface area contributed by atoms with Gasteiger partial charge in [-0.3, -0.25) is 9.59 Å². The van der Waals surface area contributed by atoms with E-state index in [1.54, 1.807) is 5.32 Å². The molecule has 1 saturated heterocycles. The Morgan fingerprint density at radius 1 is 1.21 bits per heavy atom. The van der Waals surface area contributed by atoms with Crippen molar-refractivity contribution >= 4 is 23.9 Å². The van der Waals surface area contributed by atoms with Crippen LogP contribution in [-0.2, 0) is 19.1 Å². The number of carbonyl (C=O) groups excluding carboxylic acids is 3. The van der Waals surface area contributed by atoms with Crippen molar-refractivity contribution in [3.63, 3.8) is 0 Å². The van der Waals surface area contributed by atoms with Gasteiger partial charge in [0.05, 0.1) is 7.11 Å². The Kier molecular flexibility index (Phi) is 7.66. The lowest BCUT2D eigenvalue weighted by atomic mass is 9.70. The number of carbonyl (C=O) groups is 3. The van der Waals surface area contributed by atoms with Gasteiger partial charge in [0.25, 0.3) is 5.91 Å². The van der Waals surface area contributed by atoms with E-state index in [0.29, 0.717) is 24.3 Å². The molecule has 0 spiro atoms. The van der Waals surface area contributed by atoms with E-state index in [9.17, 15) is 32.7 Å². The Bertz CT molecular complexity index is 1170. The van der Waals surface area contributed by atoms with Crippen LogP contribution in [0.2, 0.25) is 0 Å². The Morgan fingerprint density at radius 3 is 2.51 bits per heavy atom. The number of amides is 2. The maximum Gasteiger partial charge on any atom is 0.417 e. The van der Waals surface area contributed by atoms with Crippen LogP contribution in [0, 0.1) is 16.7 Å². The smallest absolute Gasteiger partial charge is 0.417 e. The van der Waals surface area contributed by atoms with Crippen molar-refractivity contribution in [3.8, 4) is 11.5 Å². The van der Waals surface area contributed by atoms with Crippen molar-refractivity contribution in [3.05, 3.63) is 29.8 Å². The van der Waals surface area contributed by atoms with Crippen LogP contribution in [0.1, 0.15) is 58.4 Å². The number of aromatic hydroxyl groups is 1. The van der Waals surface area contributed by atoms with E-state index in [-0.39, 0.29) is 41.4 Å². The molecule has 1 aliphatic heterocycles. The third-order valence-electron chi connectivity index (χ3n) is 9.27.